The highest BCUT2D eigenvalue weighted by molar-refractivity contribution is 5.83. The number of hydrogen-bond acceptors (Lipinski definition) is 3. The Kier molecular flexibility index (Phi) is 4.23. The number of fused-ring (bicyclic) bond motifs is 1. The number of nitrogens with zero attached hydrogens (tertiary/aromatic N) is 1. The molecule has 1 aromatic heterocycles. The second-order valence-corrected chi connectivity index (χ2v) is 4.05. The van der Waals surface area contributed by atoms with Crippen molar-refractivity contribution in [1.29, 1.82) is 0 Å². The molecule has 1 aromatic carbocycles. The Bertz CT molecular complexity index is 598. The Morgan fingerprint density at radius 3 is 2.95 bits per heavy atom. The van der Waals surface area contributed by atoms with Crippen molar-refractivity contribution in [2.24, 2.45) is 0 Å². The standard InChI is InChI=1S/C15H17NO3/c1-3-19-15(17)5-4-9-16-10-8-12-11-13(18-2)6-7-14(12)16/h4-8,10-11H,3,9H2,1-2H3/b5-4+. The first-order valence-corrected chi connectivity index (χ1v) is 6.20. The van der Waals surface area contributed by atoms with E-state index in [1.165, 1.54) is 6.08 Å². The molecule has 0 bridgehead atoms. The fraction of sp³-hybridized carbons (Fsp3) is 0.267. The fourth-order valence-electron chi connectivity index (χ4n) is 1.92. The van der Waals surface area contributed by atoms with Gasteiger partial charge in [-0.2, -0.15) is 0 Å². The zero-order valence-electron chi connectivity index (χ0n) is 11.1. The van der Waals surface area contributed by atoms with Crippen LogP contribution in [0.4, 0.5) is 0 Å². The van der Waals surface area contributed by atoms with Crippen LogP contribution in [-0.4, -0.2) is 24.3 Å². The van der Waals surface area contributed by atoms with Gasteiger partial charge < -0.3 is 14.0 Å². The molecule has 100 valence electrons. The SMILES string of the molecule is CCOC(=O)/C=C/Cn1ccc2cc(OC)ccc21. The van der Waals surface area contributed by atoms with Crippen molar-refractivity contribution < 1.29 is 14.3 Å². The second-order valence-electron chi connectivity index (χ2n) is 4.05. The maximum absolute atomic E-state index is 11.2. The van der Waals surface area contributed by atoms with Crippen LogP contribution in [-0.2, 0) is 16.1 Å². The predicted molar refractivity (Wildman–Crippen MR) is 74.3 cm³/mol. The molecule has 4 heteroatoms. The molecule has 2 rings (SSSR count). The first kappa shape index (κ1) is 13.2. The summed E-state index contributed by atoms with van der Waals surface area (Å²) in [6.07, 6.45) is 5.24. The average Bonchev–Trinajstić information content (AvgIpc) is 2.81. The smallest absolute Gasteiger partial charge is 0.330 e. The van der Waals surface area contributed by atoms with Gasteiger partial charge in [0.15, 0.2) is 0 Å². The zero-order valence-corrected chi connectivity index (χ0v) is 11.1. The van der Waals surface area contributed by atoms with Crippen molar-refractivity contribution in [2.75, 3.05) is 13.7 Å². The quantitative estimate of drug-likeness (QED) is 0.612. The molecule has 0 atom stereocenters. The molecule has 0 aliphatic carbocycles. The normalized spacial score (nSPS) is 11.1. The summed E-state index contributed by atoms with van der Waals surface area (Å²) in [5.41, 5.74) is 1.11. The van der Waals surface area contributed by atoms with Gasteiger partial charge in [-0.1, -0.05) is 6.08 Å². The summed E-state index contributed by atoms with van der Waals surface area (Å²) in [6.45, 7) is 2.82. The summed E-state index contributed by atoms with van der Waals surface area (Å²) in [4.78, 5) is 11.2. The summed E-state index contributed by atoms with van der Waals surface area (Å²) in [5.74, 6) is 0.535. The molecule has 0 amide bonds. The lowest BCUT2D eigenvalue weighted by atomic mass is 10.2. The number of esters is 1. The number of allylic oxidation sites excluding steroid dienone is 1. The van der Waals surface area contributed by atoms with Crippen molar-refractivity contribution in [3.05, 3.63) is 42.6 Å². The third kappa shape index (κ3) is 3.16. The highest BCUT2D eigenvalue weighted by Gasteiger charge is 2.01. The molecule has 0 radical (unpaired) electrons. The van der Waals surface area contributed by atoms with Crippen LogP contribution in [0.1, 0.15) is 6.92 Å². The Labute approximate surface area is 112 Å². The van der Waals surface area contributed by atoms with E-state index in [9.17, 15) is 4.79 Å². The number of methoxy groups -OCH3 is 1. The molecule has 0 N–H and O–H groups in total. The van der Waals surface area contributed by atoms with Gasteiger partial charge in [-0.05, 0) is 31.2 Å². The number of hydrogen-bond donors (Lipinski definition) is 0. The van der Waals surface area contributed by atoms with Crippen LogP contribution in [0.15, 0.2) is 42.6 Å². The number of rotatable bonds is 5. The van der Waals surface area contributed by atoms with Gasteiger partial charge in [0.2, 0.25) is 0 Å². The van der Waals surface area contributed by atoms with Crippen molar-refractivity contribution in [3.63, 3.8) is 0 Å². The van der Waals surface area contributed by atoms with Crippen LogP contribution < -0.4 is 4.74 Å². The lowest BCUT2D eigenvalue weighted by Crippen LogP contribution is -2.00. The van der Waals surface area contributed by atoms with E-state index in [1.54, 1.807) is 20.1 Å². The summed E-state index contributed by atoms with van der Waals surface area (Å²) < 4.78 is 12.1. The number of benzene rings is 1. The molecule has 0 saturated carbocycles. The fourth-order valence-corrected chi connectivity index (χ4v) is 1.92. The van der Waals surface area contributed by atoms with Gasteiger partial charge in [0, 0.05) is 29.7 Å². The lowest BCUT2D eigenvalue weighted by molar-refractivity contribution is -0.137. The van der Waals surface area contributed by atoms with Crippen LogP contribution in [0.2, 0.25) is 0 Å². The third-order valence-electron chi connectivity index (χ3n) is 2.82. The van der Waals surface area contributed by atoms with Crippen molar-refractivity contribution >= 4 is 16.9 Å². The maximum atomic E-state index is 11.2. The van der Waals surface area contributed by atoms with E-state index in [1.807, 2.05) is 30.5 Å². The summed E-state index contributed by atoms with van der Waals surface area (Å²) >= 11 is 0. The van der Waals surface area contributed by atoms with Crippen LogP contribution in [0.3, 0.4) is 0 Å². The molecule has 4 nitrogen and oxygen atoms in total. The van der Waals surface area contributed by atoms with Crippen LogP contribution in [0, 0.1) is 0 Å². The maximum Gasteiger partial charge on any atom is 0.330 e. The number of carbonyl (C=O) groups is 1. The van der Waals surface area contributed by atoms with Gasteiger partial charge in [0.05, 0.1) is 13.7 Å². The molecular formula is C15H17NO3. The molecule has 0 saturated heterocycles. The minimum atomic E-state index is -0.305. The highest BCUT2D eigenvalue weighted by Crippen LogP contribution is 2.21. The van der Waals surface area contributed by atoms with Gasteiger partial charge >= 0.3 is 5.97 Å². The molecule has 0 unspecified atom stereocenters. The van der Waals surface area contributed by atoms with E-state index in [4.69, 9.17) is 9.47 Å². The molecule has 2 aromatic rings. The first-order chi connectivity index (χ1) is 9.24. The molecule has 0 spiro atoms. The monoisotopic (exact) mass is 259 g/mol. The Hall–Kier alpha value is -2.23. The minimum absolute atomic E-state index is 0.305. The van der Waals surface area contributed by atoms with E-state index in [-0.39, 0.29) is 5.97 Å². The average molecular weight is 259 g/mol. The van der Waals surface area contributed by atoms with Crippen molar-refractivity contribution in [3.8, 4) is 5.75 Å². The van der Waals surface area contributed by atoms with Gasteiger partial charge in [0.25, 0.3) is 0 Å². The topological polar surface area (TPSA) is 40.5 Å². The highest BCUT2D eigenvalue weighted by atomic mass is 16.5. The van der Waals surface area contributed by atoms with Crippen molar-refractivity contribution in [2.45, 2.75) is 13.5 Å². The predicted octanol–water partition coefficient (Wildman–Crippen LogP) is 2.77. The number of carbonyl (C=O) groups excluding carboxylic acids is 1. The van der Waals surface area contributed by atoms with Crippen LogP contribution in [0.5, 0.6) is 5.75 Å². The minimum Gasteiger partial charge on any atom is -0.497 e. The Morgan fingerprint density at radius 2 is 2.21 bits per heavy atom. The van der Waals surface area contributed by atoms with Crippen LogP contribution >= 0.6 is 0 Å². The molecular weight excluding hydrogens is 242 g/mol. The Morgan fingerprint density at radius 1 is 1.37 bits per heavy atom. The van der Waals surface area contributed by atoms with E-state index in [2.05, 4.69) is 4.57 Å². The van der Waals surface area contributed by atoms with E-state index < -0.39 is 0 Å². The van der Waals surface area contributed by atoms with E-state index in [0.717, 1.165) is 16.7 Å². The molecule has 0 aliphatic rings. The second kappa shape index (κ2) is 6.09. The molecule has 19 heavy (non-hydrogen) atoms. The summed E-state index contributed by atoms with van der Waals surface area (Å²) in [5, 5.41) is 1.11. The van der Waals surface area contributed by atoms with Gasteiger partial charge in [-0.3, -0.25) is 0 Å². The van der Waals surface area contributed by atoms with Gasteiger partial charge in [0.1, 0.15) is 5.75 Å². The van der Waals surface area contributed by atoms with Crippen LogP contribution in [0.25, 0.3) is 10.9 Å². The zero-order chi connectivity index (χ0) is 13.7. The largest absolute Gasteiger partial charge is 0.497 e. The molecule has 0 fully saturated rings. The van der Waals surface area contributed by atoms with Gasteiger partial charge in [-0.25, -0.2) is 4.79 Å². The first-order valence-electron chi connectivity index (χ1n) is 6.20. The van der Waals surface area contributed by atoms with Gasteiger partial charge in [-0.15, -0.1) is 0 Å². The molecule has 0 aliphatic heterocycles. The Balaban J connectivity index is 2.11. The lowest BCUT2D eigenvalue weighted by Gasteiger charge is -2.03. The molecule has 1 heterocycles. The van der Waals surface area contributed by atoms with E-state index >= 15 is 0 Å². The van der Waals surface area contributed by atoms with Crippen molar-refractivity contribution in [1.82, 2.24) is 4.57 Å². The summed E-state index contributed by atoms with van der Waals surface area (Å²) in [7, 11) is 1.65. The third-order valence-corrected chi connectivity index (χ3v) is 2.82. The van der Waals surface area contributed by atoms with E-state index in [0.29, 0.717) is 13.2 Å². The number of ether oxygens (including phenoxy) is 2. The number of aromatic nitrogens is 1. The summed E-state index contributed by atoms with van der Waals surface area (Å²) in [6, 6.07) is 7.94.